The number of thioether (sulfide) groups is 1. The number of methoxy groups -OCH3 is 1. The normalized spacial score (nSPS) is 12.0. The molecule has 0 amide bonds. The summed E-state index contributed by atoms with van der Waals surface area (Å²) in [5.74, 6) is -0.604. The van der Waals surface area contributed by atoms with E-state index in [1.807, 2.05) is 31.2 Å². The fourth-order valence-corrected chi connectivity index (χ4v) is 3.79. The van der Waals surface area contributed by atoms with Crippen molar-refractivity contribution in [1.29, 1.82) is 0 Å². The summed E-state index contributed by atoms with van der Waals surface area (Å²) in [5.41, 5.74) is 3.93. The number of Topliss-reactive ketones (excluding diaryl/α,β-unsaturated/α-hetero) is 1. The molecule has 1 N–H and O–H groups in total. The van der Waals surface area contributed by atoms with E-state index < -0.39 is 11.2 Å². The molecule has 8 nitrogen and oxygen atoms in total. The van der Waals surface area contributed by atoms with Crippen molar-refractivity contribution in [2.45, 2.75) is 38.1 Å². The maximum atomic E-state index is 13.0. The van der Waals surface area contributed by atoms with Crippen molar-refractivity contribution in [3.63, 3.8) is 0 Å². The van der Waals surface area contributed by atoms with Crippen molar-refractivity contribution in [3.8, 4) is 5.69 Å². The smallest absolute Gasteiger partial charge is 0.339 e. The zero-order chi connectivity index (χ0) is 20.4. The van der Waals surface area contributed by atoms with Crippen molar-refractivity contribution >= 4 is 23.5 Å². The Bertz CT molecular complexity index is 1020. The number of benzene rings is 1. The number of tetrazole rings is 1. The third-order valence-corrected chi connectivity index (χ3v) is 5.48. The predicted octanol–water partition coefficient (Wildman–Crippen LogP) is 3.07. The number of rotatable bonds is 6. The molecule has 1 aromatic carbocycles. The van der Waals surface area contributed by atoms with Gasteiger partial charge in [-0.25, -0.2) is 4.79 Å². The van der Waals surface area contributed by atoms with E-state index in [1.54, 1.807) is 25.5 Å². The van der Waals surface area contributed by atoms with Crippen LogP contribution in [0.1, 0.15) is 44.6 Å². The van der Waals surface area contributed by atoms with Crippen LogP contribution in [0.15, 0.2) is 29.4 Å². The number of nitrogens with one attached hydrogen (secondary N) is 1. The van der Waals surface area contributed by atoms with E-state index in [0.717, 1.165) is 11.3 Å². The van der Waals surface area contributed by atoms with E-state index >= 15 is 0 Å². The van der Waals surface area contributed by atoms with Gasteiger partial charge in [-0.1, -0.05) is 29.5 Å². The van der Waals surface area contributed by atoms with Crippen molar-refractivity contribution in [1.82, 2.24) is 25.2 Å². The highest BCUT2D eigenvalue weighted by Gasteiger charge is 2.27. The highest BCUT2D eigenvalue weighted by Crippen LogP contribution is 2.28. The highest BCUT2D eigenvalue weighted by atomic mass is 32.2. The number of aromatic nitrogens is 5. The first kappa shape index (κ1) is 19.8. The van der Waals surface area contributed by atoms with Crippen LogP contribution in [-0.4, -0.2) is 49.3 Å². The van der Waals surface area contributed by atoms with Gasteiger partial charge in [0.1, 0.15) is 0 Å². The Labute approximate surface area is 166 Å². The first-order chi connectivity index (χ1) is 13.3. The SMILES string of the molecule is COC(=O)c1c(C)[nH]c(C(=O)C(C)Sc2nnnn2-c2ccc(C)cc2)c1C. The number of ether oxygens (including phenoxy) is 1. The fourth-order valence-electron chi connectivity index (χ4n) is 2.92. The van der Waals surface area contributed by atoms with E-state index in [4.69, 9.17) is 4.74 Å². The van der Waals surface area contributed by atoms with Crippen LogP contribution < -0.4 is 0 Å². The molecule has 2 aromatic heterocycles. The van der Waals surface area contributed by atoms with Gasteiger partial charge >= 0.3 is 5.97 Å². The molecular formula is C19H21N5O3S. The number of esters is 1. The molecule has 3 rings (SSSR count). The van der Waals surface area contributed by atoms with E-state index in [9.17, 15) is 9.59 Å². The van der Waals surface area contributed by atoms with Crippen molar-refractivity contribution < 1.29 is 14.3 Å². The third-order valence-electron chi connectivity index (χ3n) is 4.44. The number of carbonyl (C=O) groups is 2. The summed E-state index contributed by atoms with van der Waals surface area (Å²) in [4.78, 5) is 28.0. The number of aromatic amines is 1. The molecule has 3 aromatic rings. The molecule has 0 saturated heterocycles. The van der Waals surface area contributed by atoms with Crippen molar-refractivity contribution in [3.05, 3.63) is 52.3 Å². The van der Waals surface area contributed by atoms with Gasteiger partial charge in [-0.15, -0.1) is 5.10 Å². The molecule has 0 saturated carbocycles. The largest absolute Gasteiger partial charge is 0.465 e. The molecule has 0 radical (unpaired) electrons. The molecule has 0 bridgehead atoms. The minimum Gasteiger partial charge on any atom is -0.465 e. The van der Waals surface area contributed by atoms with Gasteiger partial charge in [-0.3, -0.25) is 4.79 Å². The number of hydrogen-bond donors (Lipinski definition) is 1. The Morgan fingerprint density at radius 1 is 1.18 bits per heavy atom. The van der Waals surface area contributed by atoms with Crippen LogP contribution in [0.2, 0.25) is 0 Å². The number of nitrogens with zero attached hydrogens (tertiary/aromatic N) is 4. The summed E-state index contributed by atoms with van der Waals surface area (Å²) in [6.45, 7) is 7.26. The van der Waals surface area contributed by atoms with Gasteiger partial charge in [0.25, 0.3) is 0 Å². The second-order valence-corrected chi connectivity index (χ2v) is 7.76. The van der Waals surface area contributed by atoms with Crippen LogP contribution in [0.3, 0.4) is 0 Å². The molecule has 1 atom stereocenters. The molecule has 9 heteroatoms. The Balaban J connectivity index is 1.84. The van der Waals surface area contributed by atoms with Crippen LogP contribution in [0.25, 0.3) is 5.69 Å². The zero-order valence-electron chi connectivity index (χ0n) is 16.3. The molecule has 0 spiro atoms. The summed E-state index contributed by atoms with van der Waals surface area (Å²) >= 11 is 1.26. The number of hydrogen-bond acceptors (Lipinski definition) is 7. The van der Waals surface area contributed by atoms with E-state index in [-0.39, 0.29) is 5.78 Å². The quantitative estimate of drug-likeness (QED) is 0.386. The lowest BCUT2D eigenvalue weighted by Crippen LogP contribution is -2.16. The summed E-state index contributed by atoms with van der Waals surface area (Å²) in [7, 11) is 1.32. The lowest BCUT2D eigenvalue weighted by Gasteiger charge is -2.10. The second kappa shape index (κ2) is 7.97. The molecule has 0 aliphatic heterocycles. The molecule has 0 fully saturated rings. The van der Waals surface area contributed by atoms with Gasteiger partial charge in [-0.2, -0.15) is 4.68 Å². The van der Waals surface area contributed by atoms with Crippen LogP contribution in [0.4, 0.5) is 0 Å². The Morgan fingerprint density at radius 2 is 1.86 bits per heavy atom. The van der Waals surface area contributed by atoms with Crippen LogP contribution in [-0.2, 0) is 4.74 Å². The van der Waals surface area contributed by atoms with E-state index in [2.05, 4.69) is 20.5 Å². The Hall–Kier alpha value is -2.94. The topological polar surface area (TPSA) is 103 Å². The first-order valence-corrected chi connectivity index (χ1v) is 9.55. The maximum Gasteiger partial charge on any atom is 0.339 e. The Morgan fingerprint density at radius 3 is 2.50 bits per heavy atom. The van der Waals surface area contributed by atoms with E-state index in [1.165, 1.54) is 18.9 Å². The molecule has 28 heavy (non-hydrogen) atoms. The van der Waals surface area contributed by atoms with Gasteiger partial charge < -0.3 is 9.72 Å². The number of ketones is 1. The van der Waals surface area contributed by atoms with Crippen LogP contribution >= 0.6 is 11.8 Å². The standard InChI is InChI=1S/C19H21N5O3S/c1-10-6-8-14(9-7-10)24-19(21-22-23-24)28-13(4)17(25)16-11(2)15(12(3)20-16)18(26)27-5/h6-9,13,20H,1-5H3. The molecule has 2 heterocycles. The molecular weight excluding hydrogens is 378 g/mol. The van der Waals surface area contributed by atoms with Gasteiger partial charge in [0.05, 0.1) is 29.3 Å². The van der Waals surface area contributed by atoms with Gasteiger partial charge in [0.2, 0.25) is 5.16 Å². The summed E-state index contributed by atoms with van der Waals surface area (Å²) in [5, 5.41) is 11.9. The number of carbonyl (C=O) groups excluding carboxylic acids is 2. The average molecular weight is 399 g/mol. The lowest BCUT2D eigenvalue weighted by molar-refractivity contribution is 0.0599. The minimum atomic E-state index is -0.464. The van der Waals surface area contributed by atoms with Crippen molar-refractivity contribution in [2.24, 2.45) is 0 Å². The molecule has 0 aliphatic carbocycles. The summed E-state index contributed by atoms with van der Waals surface area (Å²) < 4.78 is 6.40. The van der Waals surface area contributed by atoms with Gasteiger partial charge in [0, 0.05) is 5.69 Å². The Kier molecular flexibility index (Phi) is 5.64. The number of H-pyrrole nitrogens is 1. The first-order valence-electron chi connectivity index (χ1n) is 8.67. The van der Waals surface area contributed by atoms with Gasteiger partial charge in [0.15, 0.2) is 5.78 Å². The van der Waals surface area contributed by atoms with Crippen molar-refractivity contribution in [2.75, 3.05) is 7.11 Å². The zero-order valence-corrected chi connectivity index (χ0v) is 17.1. The molecule has 146 valence electrons. The monoisotopic (exact) mass is 399 g/mol. The minimum absolute atomic E-state index is 0.140. The average Bonchev–Trinajstić information content (AvgIpc) is 3.25. The number of aryl methyl sites for hydroxylation is 2. The van der Waals surface area contributed by atoms with E-state index in [0.29, 0.717) is 27.7 Å². The summed E-state index contributed by atoms with van der Waals surface area (Å²) in [6.07, 6.45) is 0. The van der Waals surface area contributed by atoms with Crippen LogP contribution in [0, 0.1) is 20.8 Å². The third kappa shape index (κ3) is 3.70. The van der Waals surface area contributed by atoms with Gasteiger partial charge in [-0.05, 0) is 55.8 Å². The molecule has 0 aliphatic rings. The highest BCUT2D eigenvalue weighted by molar-refractivity contribution is 8.00. The maximum absolute atomic E-state index is 13.0. The second-order valence-electron chi connectivity index (χ2n) is 6.45. The lowest BCUT2D eigenvalue weighted by atomic mass is 10.1. The summed E-state index contributed by atoms with van der Waals surface area (Å²) in [6, 6.07) is 7.78. The predicted molar refractivity (Wildman–Crippen MR) is 105 cm³/mol. The fraction of sp³-hybridized carbons (Fsp3) is 0.316. The van der Waals surface area contributed by atoms with Crippen LogP contribution in [0.5, 0.6) is 0 Å². The molecule has 1 unspecified atom stereocenters.